The Balaban J connectivity index is 2.80. The molecule has 0 bridgehead atoms. The Morgan fingerprint density at radius 1 is 1.42 bits per heavy atom. The van der Waals surface area contributed by atoms with Crippen molar-refractivity contribution in [2.24, 2.45) is 5.73 Å². The minimum absolute atomic E-state index is 0.0931. The maximum atomic E-state index is 12.0. The van der Waals surface area contributed by atoms with Crippen LogP contribution >= 0.6 is 0 Å². The second-order valence-corrected chi connectivity index (χ2v) is 5.93. The molecule has 0 aromatic heterocycles. The van der Waals surface area contributed by atoms with Crippen LogP contribution in [0.3, 0.4) is 0 Å². The highest BCUT2D eigenvalue weighted by Crippen LogP contribution is 2.36. The van der Waals surface area contributed by atoms with Gasteiger partial charge in [-0.25, -0.2) is 13.2 Å². The van der Waals surface area contributed by atoms with E-state index >= 15 is 0 Å². The number of nitrogens with two attached hydrogens (primary N) is 1. The van der Waals surface area contributed by atoms with Crippen molar-refractivity contribution < 1.29 is 22.7 Å². The summed E-state index contributed by atoms with van der Waals surface area (Å²) < 4.78 is 29.0. The van der Waals surface area contributed by atoms with Crippen molar-refractivity contribution in [2.45, 2.75) is 18.2 Å². The van der Waals surface area contributed by atoms with Gasteiger partial charge in [-0.1, -0.05) is 13.5 Å². The second kappa shape index (κ2) is 4.20. The summed E-state index contributed by atoms with van der Waals surface area (Å²) in [6.07, 6.45) is 0.449. The molecule has 7 heteroatoms. The summed E-state index contributed by atoms with van der Waals surface area (Å²) in [6, 6.07) is 2.47. The third-order valence-corrected chi connectivity index (χ3v) is 4.57. The Hall–Kier alpha value is -2.15. The molecular weight excluding hydrogens is 270 g/mol. The van der Waals surface area contributed by atoms with Crippen molar-refractivity contribution in [3.8, 4) is 5.75 Å². The monoisotopic (exact) mass is 281 g/mol. The van der Waals surface area contributed by atoms with Crippen molar-refractivity contribution in [1.29, 1.82) is 0 Å². The molecule has 0 spiro atoms. The predicted octanol–water partition coefficient (Wildman–Crippen LogP) is 0.554. The maximum Gasteiger partial charge on any atom is 0.354 e. The zero-order chi connectivity index (χ0) is 14.4. The fourth-order valence-corrected chi connectivity index (χ4v) is 2.98. The van der Waals surface area contributed by atoms with E-state index in [0.717, 1.165) is 6.07 Å². The molecule has 0 aliphatic carbocycles. The van der Waals surface area contributed by atoms with Gasteiger partial charge in [0.25, 0.3) is 0 Å². The van der Waals surface area contributed by atoms with Gasteiger partial charge in [0.1, 0.15) is 9.80 Å². The Bertz CT molecular complexity index is 718. The molecule has 0 fully saturated rings. The SMILES string of the molecule is C=C1C(=O)Oc2cc(CC)c(C(N)=O)cc2S1(=O)=O. The maximum absolute atomic E-state index is 12.0. The zero-order valence-corrected chi connectivity index (χ0v) is 10.9. The van der Waals surface area contributed by atoms with Crippen LogP contribution in [0.2, 0.25) is 0 Å². The first-order chi connectivity index (χ1) is 8.78. The highest BCUT2D eigenvalue weighted by Gasteiger charge is 2.36. The first kappa shape index (κ1) is 13.3. The molecule has 0 saturated carbocycles. The number of ether oxygens (including phenoxy) is 1. The molecule has 0 saturated heterocycles. The van der Waals surface area contributed by atoms with Crippen molar-refractivity contribution in [1.82, 2.24) is 0 Å². The topological polar surface area (TPSA) is 104 Å². The summed E-state index contributed by atoms with van der Waals surface area (Å²) in [5.41, 5.74) is 5.82. The minimum Gasteiger partial charge on any atom is -0.421 e. The van der Waals surface area contributed by atoms with Gasteiger partial charge in [0, 0.05) is 5.56 Å². The fraction of sp³-hybridized carbons (Fsp3) is 0.167. The van der Waals surface area contributed by atoms with Crippen molar-refractivity contribution in [2.75, 3.05) is 0 Å². The smallest absolute Gasteiger partial charge is 0.354 e. The number of aryl methyl sites for hydroxylation is 1. The van der Waals surface area contributed by atoms with Gasteiger partial charge < -0.3 is 10.5 Å². The molecule has 1 aliphatic heterocycles. The van der Waals surface area contributed by atoms with Crippen LogP contribution in [0.25, 0.3) is 0 Å². The molecule has 100 valence electrons. The van der Waals surface area contributed by atoms with Gasteiger partial charge in [0.05, 0.1) is 0 Å². The second-order valence-electron chi connectivity index (χ2n) is 3.99. The summed E-state index contributed by atoms with van der Waals surface area (Å²) in [6.45, 7) is 4.96. The third-order valence-electron chi connectivity index (χ3n) is 2.86. The van der Waals surface area contributed by atoms with Crippen molar-refractivity contribution in [3.63, 3.8) is 0 Å². The summed E-state index contributed by atoms with van der Waals surface area (Å²) in [5, 5.41) is 0. The van der Waals surface area contributed by atoms with Gasteiger partial charge in [0.15, 0.2) is 5.75 Å². The number of carbonyl (C=O) groups is 2. The number of esters is 1. The standard InChI is InChI=1S/C12H11NO5S/c1-3-7-4-9-10(5-8(7)11(13)14)19(16,17)6(2)12(15)18-9/h4-5H,2-3H2,1H3,(H2,13,14). The molecule has 2 rings (SSSR count). The van der Waals surface area contributed by atoms with Gasteiger partial charge in [-0.05, 0) is 24.1 Å². The Morgan fingerprint density at radius 2 is 2.05 bits per heavy atom. The van der Waals surface area contributed by atoms with E-state index in [9.17, 15) is 18.0 Å². The number of hydrogen-bond donors (Lipinski definition) is 1. The van der Waals surface area contributed by atoms with Crippen LogP contribution in [0, 0.1) is 0 Å². The molecule has 1 aromatic carbocycles. The molecule has 1 aliphatic rings. The van der Waals surface area contributed by atoms with Crippen molar-refractivity contribution in [3.05, 3.63) is 34.7 Å². The normalized spacial score (nSPS) is 16.7. The lowest BCUT2D eigenvalue weighted by molar-refractivity contribution is -0.129. The Kier molecular flexibility index (Phi) is 2.94. The van der Waals surface area contributed by atoms with E-state index < -0.39 is 26.6 Å². The Labute approximate surface area is 109 Å². The van der Waals surface area contributed by atoms with Crippen LogP contribution in [0.5, 0.6) is 5.75 Å². The van der Waals surface area contributed by atoms with Crippen LogP contribution < -0.4 is 10.5 Å². The number of carbonyl (C=O) groups excluding carboxylic acids is 2. The largest absolute Gasteiger partial charge is 0.421 e. The summed E-state index contributed by atoms with van der Waals surface area (Å²) in [7, 11) is -4.03. The number of sulfone groups is 1. The van der Waals surface area contributed by atoms with Gasteiger partial charge in [-0.3, -0.25) is 4.79 Å². The highest BCUT2D eigenvalue weighted by molar-refractivity contribution is 7.96. The number of primary amides is 1. The first-order valence-corrected chi connectivity index (χ1v) is 6.90. The van der Waals surface area contributed by atoms with E-state index in [4.69, 9.17) is 10.5 Å². The molecule has 0 atom stereocenters. The van der Waals surface area contributed by atoms with Crippen LogP contribution in [-0.2, 0) is 21.1 Å². The molecular formula is C12H11NO5S. The average molecular weight is 281 g/mol. The first-order valence-electron chi connectivity index (χ1n) is 5.42. The number of hydrogen-bond acceptors (Lipinski definition) is 5. The van der Waals surface area contributed by atoms with Gasteiger partial charge in [-0.2, -0.15) is 0 Å². The molecule has 19 heavy (non-hydrogen) atoms. The van der Waals surface area contributed by atoms with Crippen LogP contribution in [0.1, 0.15) is 22.8 Å². The minimum atomic E-state index is -4.03. The van der Waals surface area contributed by atoms with Crippen LogP contribution in [0.15, 0.2) is 28.5 Å². The van der Waals surface area contributed by atoms with Crippen LogP contribution in [0.4, 0.5) is 0 Å². The van der Waals surface area contributed by atoms with Crippen molar-refractivity contribution >= 4 is 21.7 Å². The lowest BCUT2D eigenvalue weighted by atomic mass is 10.0. The number of fused-ring (bicyclic) bond motifs is 1. The van der Waals surface area contributed by atoms with Gasteiger partial charge in [0.2, 0.25) is 15.7 Å². The van der Waals surface area contributed by atoms with E-state index in [1.807, 2.05) is 0 Å². The zero-order valence-electron chi connectivity index (χ0n) is 10.1. The Morgan fingerprint density at radius 3 is 2.58 bits per heavy atom. The fourth-order valence-electron chi connectivity index (χ4n) is 1.81. The van der Waals surface area contributed by atoms with Gasteiger partial charge >= 0.3 is 5.97 Å². The van der Waals surface area contributed by atoms with E-state index in [1.54, 1.807) is 6.92 Å². The molecule has 1 aromatic rings. The summed E-state index contributed by atoms with van der Waals surface area (Å²) in [5.74, 6) is -1.85. The van der Waals surface area contributed by atoms with E-state index in [1.165, 1.54) is 6.07 Å². The lowest BCUT2D eigenvalue weighted by Crippen LogP contribution is -2.25. The average Bonchev–Trinajstić information content (AvgIpc) is 2.35. The highest BCUT2D eigenvalue weighted by atomic mass is 32.2. The number of rotatable bonds is 2. The molecule has 2 N–H and O–H groups in total. The van der Waals surface area contributed by atoms with E-state index in [-0.39, 0.29) is 16.2 Å². The predicted molar refractivity (Wildman–Crippen MR) is 66.3 cm³/mol. The number of amides is 1. The molecule has 1 amide bonds. The van der Waals surface area contributed by atoms with Gasteiger partial charge in [-0.15, -0.1) is 0 Å². The summed E-state index contributed by atoms with van der Waals surface area (Å²) in [4.78, 5) is 21.8. The molecule has 0 radical (unpaired) electrons. The summed E-state index contributed by atoms with van der Waals surface area (Å²) >= 11 is 0. The van der Waals surface area contributed by atoms with E-state index in [2.05, 4.69) is 6.58 Å². The van der Waals surface area contributed by atoms with Crippen LogP contribution in [-0.4, -0.2) is 20.3 Å². The molecule has 1 heterocycles. The quantitative estimate of drug-likeness (QED) is 0.484. The number of benzene rings is 1. The van der Waals surface area contributed by atoms with E-state index in [0.29, 0.717) is 12.0 Å². The molecule has 0 unspecified atom stereocenters. The molecule has 6 nitrogen and oxygen atoms in total. The lowest BCUT2D eigenvalue weighted by Gasteiger charge is -2.19. The third kappa shape index (κ3) is 1.91.